The van der Waals surface area contributed by atoms with Crippen LogP contribution in [0.3, 0.4) is 0 Å². The molecule has 1 heterocycles. The van der Waals surface area contributed by atoms with Gasteiger partial charge in [-0.25, -0.2) is 0 Å². The van der Waals surface area contributed by atoms with Gasteiger partial charge in [-0.1, -0.05) is 18.2 Å². The summed E-state index contributed by atoms with van der Waals surface area (Å²) in [5.41, 5.74) is 1.66. The standard InChI is InChI=1S/C16H21ClN2O2/c1-4-19(5-2)16(20)11(3)18-10-13-12-8-6-7-9-14(12)21-15(13)17/h6-9,11,18H,4-5,10H2,1-3H3. The topological polar surface area (TPSA) is 45.5 Å². The second kappa shape index (κ2) is 6.96. The summed E-state index contributed by atoms with van der Waals surface area (Å²) < 4.78 is 5.51. The molecule has 0 saturated heterocycles. The average molecular weight is 309 g/mol. The molecule has 1 N–H and O–H groups in total. The second-order valence-electron chi connectivity index (χ2n) is 4.96. The maximum absolute atomic E-state index is 12.2. The molecule has 0 fully saturated rings. The van der Waals surface area contributed by atoms with E-state index in [9.17, 15) is 4.79 Å². The molecule has 1 amide bonds. The molecule has 4 nitrogen and oxygen atoms in total. The predicted octanol–water partition coefficient (Wildman–Crippen LogP) is 3.43. The number of benzene rings is 1. The van der Waals surface area contributed by atoms with Gasteiger partial charge in [-0.3, -0.25) is 4.79 Å². The second-order valence-corrected chi connectivity index (χ2v) is 5.31. The molecule has 0 saturated carbocycles. The molecular formula is C16H21ClN2O2. The van der Waals surface area contributed by atoms with Crippen LogP contribution in [0.5, 0.6) is 0 Å². The van der Waals surface area contributed by atoms with Crippen molar-refractivity contribution in [1.29, 1.82) is 0 Å². The maximum atomic E-state index is 12.2. The third kappa shape index (κ3) is 3.39. The Morgan fingerprint density at radius 1 is 1.33 bits per heavy atom. The summed E-state index contributed by atoms with van der Waals surface area (Å²) >= 11 is 6.15. The number of hydrogen-bond donors (Lipinski definition) is 1. The molecule has 2 rings (SSSR count). The van der Waals surface area contributed by atoms with Crippen molar-refractivity contribution in [1.82, 2.24) is 10.2 Å². The van der Waals surface area contributed by atoms with Gasteiger partial charge in [0.15, 0.2) is 5.22 Å². The van der Waals surface area contributed by atoms with Crippen LogP contribution in [0, 0.1) is 0 Å². The lowest BCUT2D eigenvalue weighted by atomic mass is 10.1. The highest BCUT2D eigenvalue weighted by molar-refractivity contribution is 6.30. The molecule has 0 aliphatic rings. The van der Waals surface area contributed by atoms with Crippen molar-refractivity contribution >= 4 is 28.5 Å². The molecule has 1 aromatic heterocycles. The monoisotopic (exact) mass is 308 g/mol. The van der Waals surface area contributed by atoms with E-state index in [0.717, 1.165) is 29.6 Å². The highest BCUT2D eigenvalue weighted by atomic mass is 35.5. The number of nitrogens with one attached hydrogen (secondary N) is 1. The van der Waals surface area contributed by atoms with Crippen molar-refractivity contribution in [2.24, 2.45) is 0 Å². The lowest BCUT2D eigenvalue weighted by Crippen LogP contribution is -2.44. The van der Waals surface area contributed by atoms with Gasteiger partial charge in [0.2, 0.25) is 5.91 Å². The lowest BCUT2D eigenvalue weighted by Gasteiger charge is -2.23. The van der Waals surface area contributed by atoms with Gasteiger partial charge in [-0.05, 0) is 38.4 Å². The number of rotatable bonds is 6. The number of fused-ring (bicyclic) bond motifs is 1. The van der Waals surface area contributed by atoms with Crippen LogP contribution in [0.15, 0.2) is 28.7 Å². The first-order valence-electron chi connectivity index (χ1n) is 7.26. The molecule has 114 valence electrons. The van der Waals surface area contributed by atoms with E-state index in [1.807, 2.05) is 49.9 Å². The lowest BCUT2D eigenvalue weighted by molar-refractivity contribution is -0.132. The Morgan fingerprint density at radius 2 is 2.00 bits per heavy atom. The van der Waals surface area contributed by atoms with Gasteiger partial charge in [0, 0.05) is 30.6 Å². The minimum Gasteiger partial charge on any atom is -0.444 e. The third-order valence-corrected chi connectivity index (χ3v) is 3.98. The molecule has 1 aromatic carbocycles. The third-order valence-electron chi connectivity index (χ3n) is 3.68. The molecule has 1 atom stereocenters. The molecular weight excluding hydrogens is 288 g/mol. The average Bonchev–Trinajstić information content (AvgIpc) is 2.81. The number of nitrogens with zero attached hydrogens (tertiary/aromatic N) is 1. The summed E-state index contributed by atoms with van der Waals surface area (Å²) in [4.78, 5) is 14.0. The first kappa shape index (κ1) is 15.9. The zero-order chi connectivity index (χ0) is 15.4. The quantitative estimate of drug-likeness (QED) is 0.889. The van der Waals surface area contributed by atoms with Crippen LogP contribution >= 0.6 is 11.6 Å². The van der Waals surface area contributed by atoms with E-state index in [0.29, 0.717) is 11.8 Å². The smallest absolute Gasteiger partial charge is 0.239 e. The van der Waals surface area contributed by atoms with Crippen LogP contribution in [0.25, 0.3) is 11.0 Å². The number of halogens is 1. The first-order chi connectivity index (χ1) is 10.1. The molecule has 2 aromatic rings. The highest BCUT2D eigenvalue weighted by Crippen LogP contribution is 2.29. The summed E-state index contributed by atoms with van der Waals surface area (Å²) in [6, 6.07) is 7.46. The summed E-state index contributed by atoms with van der Waals surface area (Å²) in [7, 11) is 0. The van der Waals surface area contributed by atoms with Crippen molar-refractivity contribution < 1.29 is 9.21 Å². The van der Waals surface area contributed by atoms with E-state index < -0.39 is 0 Å². The van der Waals surface area contributed by atoms with Gasteiger partial charge in [0.25, 0.3) is 0 Å². The Labute approximate surface area is 130 Å². The van der Waals surface area contributed by atoms with Gasteiger partial charge in [-0.2, -0.15) is 0 Å². The Kier molecular flexibility index (Phi) is 5.26. The molecule has 0 aliphatic carbocycles. The Balaban J connectivity index is 2.08. The number of furan rings is 1. The normalized spacial score (nSPS) is 12.6. The predicted molar refractivity (Wildman–Crippen MR) is 85.5 cm³/mol. The molecule has 0 spiro atoms. The summed E-state index contributed by atoms with van der Waals surface area (Å²) in [6.07, 6.45) is 0. The fourth-order valence-corrected chi connectivity index (χ4v) is 2.64. The number of carbonyl (C=O) groups is 1. The number of carbonyl (C=O) groups excluding carboxylic acids is 1. The fourth-order valence-electron chi connectivity index (χ4n) is 2.39. The molecule has 21 heavy (non-hydrogen) atoms. The van der Waals surface area contributed by atoms with Crippen molar-refractivity contribution in [2.45, 2.75) is 33.4 Å². The number of hydrogen-bond acceptors (Lipinski definition) is 3. The Bertz CT molecular complexity index is 620. The maximum Gasteiger partial charge on any atom is 0.239 e. The van der Waals surface area contributed by atoms with E-state index in [1.54, 1.807) is 0 Å². The van der Waals surface area contributed by atoms with E-state index in [2.05, 4.69) is 5.32 Å². The van der Waals surface area contributed by atoms with Crippen molar-refractivity contribution in [3.63, 3.8) is 0 Å². The molecule has 0 aliphatic heterocycles. The van der Waals surface area contributed by atoms with Crippen LogP contribution in [-0.2, 0) is 11.3 Å². The summed E-state index contributed by atoms with van der Waals surface area (Å²) in [5, 5.41) is 4.60. The minimum absolute atomic E-state index is 0.101. The van der Waals surface area contributed by atoms with Crippen LogP contribution in [0.1, 0.15) is 26.3 Å². The molecule has 0 bridgehead atoms. The number of likely N-dealkylation sites (N-methyl/N-ethyl adjacent to an activating group) is 1. The fraction of sp³-hybridized carbons (Fsp3) is 0.438. The highest BCUT2D eigenvalue weighted by Gasteiger charge is 2.19. The van der Waals surface area contributed by atoms with Crippen LogP contribution in [0.2, 0.25) is 5.22 Å². The minimum atomic E-state index is -0.255. The molecule has 1 unspecified atom stereocenters. The molecule has 0 radical (unpaired) electrons. The zero-order valence-electron chi connectivity index (χ0n) is 12.6. The van der Waals surface area contributed by atoms with Crippen LogP contribution < -0.4 is 5.32 Å². The van der Waals surface area contributed by atoms with Crippen LogP contribution in [0.4, 0.5) is 0 Å². The van der Waals surface area contributed by atoms with Gasteiger partial charge in [0.1, 0.15) is 5.58 Å². The number of para-hydroxylation sites is 1. The van der Waals surface area contributed by atoms with Gasteiger partial charge in [-0.15, -0.1) is 0 Å². The van der Waals surface area contributed by atoms with Gasteiger partial charge >= 0.3 is 0 Å². The Morgan fingerprint density at radius 3 is 2.67 bits per heavy atom. The Hall–Kier alpha value is -1.52. The van der Waals surface area contributed by atoms with E-state index in [-0.39, 0.29) is 11.9 Å². The van der Waals surface area contributed by atoms with E-state index >= 15 is 0 Å². The largest absolute Gasteiger partial charge is 0.444 e. The molecule has 5 heteroatoms. The van der Waals surface area contributed by atoms with Crippen molar-refractivity contribution in [2.75, 3.05) is 13.1 Å². The van der Waals surface area contributed by atoms with E-state index in [1.165, 1.54) is 0 Å². The summed E-state index contributed by atoms with van der Waals surface area (Å²) in [5.74, 6) is 0.101. The van der Waals surface area contributed by atoms with Crippen LogP contribution in [-0.4, -0.2) is 29.9 Å². The summed E-state index contributed by atoms with van der Waals surface area (Å²) in [6.45, 7) is 7.78. The van der Waals surface area contributed by atoms with Gasteiger partial charge in [0.05, 0.1) is 6.04 Å². The van der Waals surface area contributed by atoms with E-state index in [4.69, 9.17) is 16.0 Å². The zero-order valence-corrected chi connectivity index (χ0v) is 13.4. The SMILES string of the molecule is CCN(CC)C(=O)C(C)NCc1c(Cl)oc2ccccc12. The van der Waals surface area contributed by atoms with Gasteiger partial charge < -0.3 is 14.6 Å². The first-order valence-corrected chi connectivity index (χ1v) is 7.64. The van der Waals surface area contributed by atoms with Crippen molar-refractivity contribution in [3.8, 4) is 0 Å². The van der Waals surface area contributed by atoms with Crippen molar-refractivity contribution in [3.05, 3.63) is 35.0 Å². The number of amides is 1.